The first kappa shape index (κ1) is 19.4. The zero-order valence-corrected chi connectivity index (χ0v) is 15.1. The smallest absolute Gasteiger partial charge is 0.220 e. The normalized spacial score (nSPS) is 11.6. The molecular weight excluding hydrogens is 288 g/mol. The Morgan fingerprint density at radius 1 is 1.04 bits per heavy atom. The van der Waals surface area contributed by atoms with E-state index < -0.39 is 0 Å². The topological polar surface area (TPSA) is 49.4 Å². The first-order valence-electron chi connectivity index (χ1n) is 8.25. The van der Waals surface area contributed by atoms with E-state index in [9.17, 15) is 9.59 Å². The Balaban J connectivity index is 2.37. The van der Waals surface area contributed by atoms with Crippen molar-refractivity contribution in [3.05, 3.63) is 35.4 Å². The number of carbonyl (C=O) groups excluding carboxylic acids is 2. The Kier molecular flexibility index (Phi) is 7.43. The minimum Gasteiger partial charge on any atom is -0.356 e. The van der Waals surface area contributed by atoms with Gasteiger partial charge in [-0.25, -0.2) is 0 Å². The molecule has 0 bridgehead atoms. The van der Waals surface area contributed by atoms with Gasteiger partial charge in [-0.1, -0.05) is 45.0 Å². The molecule has 1 aromatic rings. The van der Waals surface area contributed by atoms with Gasteiger partial charge < -0.3 is 10.2 Å². The third-order valence-electron chi connectivity index (χ3n) is 3.76. The van der Waals surface area contributed by atoms with Gasteiger partial charge in [0.1, 0.15) is 0 Å². The maximum atomic E-state index is 12.1. The number of hydrogen-bond acceptors (Lipinski definition) is 3. The molecule has 1 aromatic carbocycles. The molecule has 1 rings (SSSR count). The van der Waals surface area contributed by atoms with Gasteiger partial charge in [-0.3, -0.25) is 9.59 Å². The van der Waals surface area contributed by atoms with E-state index in [1.165, 1.54) is 5.56 Å². The van der Waals surface area contributed by atoms with E-state index in [2.05, 4.69) is 31.0 Å². The standard InChI is InChI=1S/C19H30N2O2/c1-19(2,3)16-9-7-15(8-10-16)17(22)11-12-18(23)20-13-6-14-21(4)5/h7-10H,6,11-14H2,1-5H3,(H,20,23). The summed E-state index contributed by atoms with van der Waals surface area (Å²) in [4.78, 5) is 26.0. The lowest BCUT2D eigenvalue weighted by Gasteiger charge is -2.18. The minimum absolute atomic E-state index is 0.0221. The van der Waals surface area contributed by atoms with E-state index in [-0.39, 0.29) is 29.9 Å². The van der Waals surface area contributed by atoms with Crippen LogP contribution in [0.1, 0.15) is 56.0 Å². The Hall–Kier alpha value is -1.68. The van der Waals surface area contributed by atoms with Crippen molar-refractivity contribution in [3.8, 4) is 0 Å². The maximum Gasteiger partial charge on any atom is 0.220 e. The van der Waals surface area contributed by atoms with Gasteiger partial charge in [-0.05, 0) is 38.0 Å². The third kappa shape index (κ3) is 7.42. The molecule has 0 spiro atoms. The largest absolute Gasteiger partial charge is 0.356 e. The van der Waals surface area contributed by atoms with Gasteiger partial charge in [-0.2, -0.15) is 0 Å². The first-order valence-corrected chi connectivity index (χ1v) is 8.25. The van der Waals surface area contributed by atoms with Gasteiger partial charge in [0, 0.05) is 24.9 Å². The molecule has 0 saturated carbocycles. The SMILES string of the molecule is CN(C)CCCNC(=O)CCC(=O)c1ccc(C(C)(C)C)cc1. The van der Waals surface area contributed by atoms with Crippen LogP contribution in [0.25, 0.3) is 0 Å². The molecule has 0 fully saturated rings. The third-order valence-corrected chi connectivity index (χ3v) is 3.76. The number of benzene rings is 1. The van der Waals surface area contributed by atoms with Crippen molar-refractivity contribution in [2.75, 3.05) is 27.2 Å². The van der Waals surface area contributed by atoms with Gasteiger partial charge in [0.15, 0.2) is 5.78 Å². The highest BCUT2D eigenvalue weighted by atomic mass is 16.2. The Morgan fingerprint density at radius 2 is 1.65 bits per heavy atom. The second-order valence-electron chi connectivity index (χ2n) is 7.26. The fourth-order valence-electron chi connectivity index (χ4n) is 2.24. The Morgan fingerprint density at radius 3 is 2.17 bits per heavy atom. The maximum absolute atomic E-state index is 12.1. The molecule has 0 aliphatic carbocycles. The average Bonchev–Trinajstić information content (AvgIpc) is 2.48. The molecule has 0 atom stereocenters. The van der Waals surface area contributed by atoms with Gasteiger partial charge in [0.2, 0.25) is 5.91 Å². The lowest BCUT2D eigenvalue weighted by atomic mass is 9.86. The second-order valence-corrected chi connectivity index (χ2v) is 7.26. The summed E-state index contributed by atoms with van der Waals surface area (Å²) < 4.78 is 0. The molecule has 4 nitrogen and oxygen atoms in total. The van der Waals surface area contributed by atoms with Gasteiger partial charge in [0.05, 0.1) is 0 Å². The van der Waals surface area contributed by atoms with Gasteiger partial charge >= 0.3 is 0 Å². The highest BCUT2D eigenvalue weighted by Crippen LogP contribution is 2.22. The second kappa shape index (κ2) is 8.82. The van der Waals surface area contributed by atoms with Crippen LogP contribution >= 0.6 is 0 Å². The number of rotatable bonds is 8. The molecule has 4 heteroatoms. The lowest BCUT2D eigenvalue weighted by Crippen LogP contribution is -2.27. The fourth-order valence-corrected chi connectivity index (χ4v) is 2.24. The molecule has 0 radical (unpaired) electrons. The molecular formula is C19H30N2O2. The fraction of sp³-hybridized carbons (Fsp3) is 0.579. The van der Waals surface area contributed by atoms with Crippen LogP contribution in [0.4, 0.5) is 0 Å². The molecule has 0 unspecified atom stereocenters. The predicted molar refractivity (Wildman–Crippen MR) is 94.9 cm³/mol. The van der Waals surface area contributed by atoms with Gasteiger partial charge in [-0.15, -0.1) is 0 Å². The number of Topliss-reactive ketones (excluding diaryl/α,β-unsaturated/α-hetero) is 1. The number of nitrogens with zero attached hydrogens (tertiary/aromatic N) is 1. The summed E-state index contributed by atoms with van der Waals surface area (Å²) >= 11 is 0. The quantitative estimate of drug-likeness (QED) is 0.592. The van der Waals surface area contributed by atoms with Crippen molar-refractivity contribution in [1.82, 2.24) is 10.2 Å². The Labute approximate surface area is 140 Å². The molecule has 0 aliphatic heterocycles. The lowest BCUT2D eigenvalue weighted by molar-refractivity contribution is -0.121. The molecule has 0 aliphatic rings. The number of amides is 1. The zero-order chi connectivity index (χ0) is 17.5. The van der Waals surface area contributed by atoms with E-state index in [1.807, 2.05) is 38.4 Å². The van der Waals surface area contributed by atoms with Crippen LogP contribution in [0, 0.1) is 0 Å². The first-order chi connectivity index (χ1) is 10.7. The molecule has 23 heavy (non-hydrogen) atoms. The van der Waals surface area contributed by atoms with E-state index in [0.29, 0.717) is 12.1 Å². The number of ketones is 1. The highest BCUT2D eigenvalue weighted by molar-refractivity contribution is 5.97. The van der Waals surface area contributed by atoms with E-state index in [1.54, 1.807) is 0 Å². The van der Waals surface area contributed by atoms with Crippen molar-refractivity contribution >= 4 is 11.7 Å². The number of nitrogens with one attached hydrogen (secondary N) is 1. The van der Waals surface area contributed by atoms with Crippen LogP contribution in [0.2, 0.25) is 0 Å². The van der Waals surface area contributed by atoms with E-state index in [0.717, 1.165) is 13.0 Å². The van der Waals surface area contributed by atoms with Crippen molar-refractivity contribution < 1.29 is 9.59 Å². The van der Waals surface area contributed by atoms with E-state index in [4.69, 9.17) is 0 Å². The summed E-state index contributed by atoms with van der Waals surface area (Å²) in [5.41, 5.74) is 1.96. The van der Waals surface area contributed by atoms with Crippen molar-refractivity contribution in [1.29, 1.82) is 0 Å². The van der Waals surface area contributed by atoms with Crippen molar-refractivity contribution in [2.45, 2.75) is 45.4 Å². The van der Waals surface area contributed by atoms with Crippen molar-refractivity contribution in [3.63, 3.8) is 0 Å². The van der Waals surface area contributed by atoms with Crippen LogP contribution in [0.3, 0.4) is 0 Å². The summed E-state index contributed by atoms with van der Waals surface area (Å²) in [7, 11) is 4.01. The zero-order valence-electron chi connectivity index (χ0n) is 15.1. The number of carbonyl (C=O) groups is 2. The summed E-state index contributed by atoms with van der Waals surface area (Å²) in [5, 5.41) is 2.86. The van der Waals surface area contributed by atoms with Gasteiger partial charge in [0.25, 0.3) is 0 Å². The van der Waals surface area contributed by atoms with Crippen LogP contribution in [-0.4, -0.2) is 43.8 Å². The van der Waals surface area contributed by atoms with Crippen LogP contribution in [-0.2, 0) is 10.2 Å². The van der Waals surface area contributed by atoms with Crippen LogP contribution in [0.15, 0.2) is 24.3 Å². The predicted octanol–water partition coefficient (Wildman–Crippen LogP) is 3.01. The Bertz CT molecular complexity index is 513. The van der Waals surface area contributed by atoms with E-state index >= 15 is 0 Å². The molecule has 0 saturated heterocycles. The average molecular weight is 318 g/mol. The highest BCUT2D eigenvalue weighted by Gasteiger charge is 2.14. The monoisotopic (exact) mass is 318 g/mol. The van der Waals surface area contributed by atoms with Crippen molar-refractivity contribution in [2.24, 2.45) is 0 Å². The summed E-state index contributed by atoms with van der Waals surface area (Å²) in [6, 6.07) is 7.71. The molecule has 1 N–H and O–H groups in total. The summed E-state index contributed by atoms with van der Waals surface area (Å²) in [6.07, 6.45) is 1.43. The molecule has 1 amide bonds. The summed E-state index contributed by atoms with van der Waals surface area (Å²) in [5.74, 6) is -0.0303. The van der Waals surface area contributed by atoms with Crippen LogP contribution < -0.4 is 5.32 Å². The minimum atomic E-state index is -0.0524. The molecule has 0 heterocycles. The molecule has 128 valence electrons. The number of hydrogen-bond donors (Lipinski definition) is 1. The summed E-state index contributed by atoms with van der Waals surface area (Å²) in [6.45, 7) is 8.03. The molecule has 0 aromatic heterocycles. The van der Waals surface area contributed by atoms with Crippen LogP contribution in [0.5, 0.6) is 0 Å².